The fraction of sp³-hybridized carbons (Fsp3) is 0.500. The van der Waals surface area contributed by atoms with Gasteiger partial charge in [0.2, 0.25) is 0 Å². The van der Waals surface area contributed by atoms with E-state index in [4.69, 9.17) is 18.0 Å². The van der Waals surface area contributed by atoms with Crippen LogP contribution in [0.5, 0.6) is 0 Å². The van der Waals surface area contributed by atoms with Crippen molar-refractivity contribution in [3.05, 3.63) is 29.6 Å². The molecular weight excluding hydrogens is 261 g/mol. The number of thiocarbonyl (C=S) groups is 1. The van der Waals surface area contributed by atoms with Gasteiger partial charge in [-0.2, -0.15) is 0 Å². The highest BCUT2D eigenvalue weighted by molar-refractivity contribution is 7.80. The molecule has 1 aromatic rings. The number of likely N-dealkylation sites (tertiary alicyclic amines) is 1. The average Bonchev–Trinajstić information content (AvgIpc) is 2.36. The molecule has 0 amide bonds. The number of benzene rings is 1. The van der Waals surface area contributed by atoms with Gasteiger partial charge in [-0.05, 0) is 45.0 Å². The minimum absolute atomic E-state index is 0.225. The molecule has 1 aromatic carbocycles. The van der Waals surface area contributed by atoms with Crippen LogP contribution in [0.15, 0.2) is 18.2 Å². The summed E-state index contributed by atoms with van der Waals surface area (Å²) < 4.78 is 13.2. The van der Waals surface area contributed by atoms with Crippen LogP contribution in [0.3, 0.4) is 0 Å². The lowest BCUT2D eigenvalue weighted by atomic mass is 9.98. The van der Waals surface area contributed by atoms with E-state index < -0.39 is 0 Å². The molecule has 0 aliphatic carbocycles. The molecule has 1 heterocycles. The summed E-state index contributed by atoms with van der Waals surface area (Å²) in [6.45, 7) is 3.27. The Morgan fingerprint density at radius 2 is 2.26 bits per heavy atom. The normalized spacial score (nSPS) is 24.2. The molecule has 0 saturated carbocycles. The van der Waals surface area contributed by atoms with Crippen LogP contribution in [0.4, 0.5) is 10.1 Å². The lowest BCUT2D eigenvalue weighted by molar-refractivity contribution is 0.190. The zero-order chi connectivity index (χ0) is 14.0. The summed E-state index contributed by atoms with van der Waals surface area (Å²) in [5, 5.41) is 3.45. The van der Waals surface area contributed by atoms with Gasteiger partial charge in [-0.3, -0.25) is 0 Å². The molecule has 2 atom stereocenters. The fourth-order valence-corrected chi connectivity index (χ4v) is 2.66. The third-order valence-electron chi connectivity index (χ3n) is 3.82. The summed E-state index contributed by atoms with van der Waals surface area (Å²) in [5.74, 6) is -0.315. The van der Waals surface area contributed by atoms with Crippen LogP contribution in [0, 0.1) is 5.82 Å². The molecular formula is C14H20FN3S. The van der Waals surface area contributed by atoms with E-state index in [1.54, 1.807) is 6.07 Å². The van der Waals surface area contributed by atoms with Gasteiger partial charge in [-0.15, -0.1) is 0 Å². The van der Waals surface area contributed by atoms with Crippen molar-refractivity contribution in [1.82, 2.24) is 4.90 Å². The molecule has 1 aliphatic rings. The van der Waals surface area contributed by atoms with Crippen molar-refractivity contribution in [2.24, 2.45) is 5.73 Å². The zero-order valence-electron chi connectivity index (χ0n) is 11.3. The number of piperidine rings is 1. The van der Waals surface area contributed by atoms with Gasteiger partial charge in [0.1, 0.15) is 10.8 Å². The summed E-state index contributed by atoms with van der Waals surface area (Å²) >= 11 is 4.98. The highest BCUT2D eigenvalue weighted by atomic mass is 32.1. The number of nitrogens with two attached hydrogens (primary N) is 1. The van der Waals surface area contributed by atoms with Crippen molar-refractivity contribution >= 4 is 22.9 Å². The van der Waals surface area contributed by atoms with Crippen LogP contribution in [0.2, 0.25) is 0 Å². The molecule has 1 saturated heterocycles. The average molecular weight is 281 g/mol. The summed E-state index contributed by atoms with van der Waals surface area (Å²) in [6, 6.07) is 5.46. The Kier molecular flexibility index (Phi) is 4.37. The molecule has 5 heteroatoms. The largest absolute Gasteiger partial charge is 0.389 e. The molecule has 1 aliphatic heterocycles. The minimum atomic E-state index is -0.315. The van der Waals surface area contributed by atoms with Crippen LogP contribution in [-0.2, 0) is 0 Å². The van der Waals surface area contributed by atoms with E-state index in [1.807, 2.05) is 0 Å². The first-order valence-electron chi connectivity index (χ1n) is 6.53. The van der Waals surface area contributed by atoms with E-state index >= 15 is 0 Å². The van der Waals surface area contributed by atoms with Crippen LogP contribution in [0.25, 0.3) is 0 Å². The van der Waals surface area contributed by atoms with E-state index in [9.17, 15) is 4.39 Å². The molecule has 3 nitrogen and oxygen atoms in total. The number of hydrogen-bond donors (Lipinski definition) is 2. The summed E-state index contributed by atoms with van der Waals surface area (Å²) in [4.78, 5) is 2.57. The summed E-state index contributed by atoms with van der Waals surface area (Å²) in [7, 11) is 2.14. The Labute approximate surface area is 119 Å². The molecule has 0 spiro atoms. The number of hydrogen-bond acceptors (Lipinski definition) is 3. The fourth-order valence-electron chi connectivity index (χ4n) is 2.49. The van der Waals surface area contributed by atoms with Crippen LogP contribution in [-0.4, -0.2) is 35.6 Å². The maximum Gasteiger partial charge on any atom is 0.124 e. The molecule has 0 aromatic heterocycles. The maximum absolute atomic E-state index is 13.2. The molecule has 19 heavy (non-hydrogen) atoms. The van der Waals surface area contributed by atoms with Gasteiger partial charge in [-0.1, -0.05) is 12.2 Å². The van der Waals surface area contributed by atoms with Gasteiger partial charge in [0.25, 0.3) is 0 Å². The number of halogens is 1. The first-order valence-corrected chi connectivity index (χ1v) is 6.94. The minimum Gasteiger partial charge on any atom is -0.389 e. The van der Waals surface area contributed by atoms with Crippen LogP contribution >= 0.6 is 12.2 Å². The lowest BCUT2D eigenvalue weighted by Crippen LogP contribution is -2.42. The van der Waals surface area contributed by atoms with E-state index in [0.29, 0.717) is 17.6 Å². The van der Waals surface area contributed by atoms with Crippen molar-refractivity contribution in [3.63, 3.8) is 0 Å². The second kappa shape index (κ2) is 5.84. The molecule has 3 N–H and O–H groups in total. The Bertz CT molecular complexity index is 478. The third-order valence-corrected chi connectivity index (χ3v) is 4.03. The third kappa shape index (κ3) is 3.42. The Hall–Kier alpha value is -1.20. The molecule has 2 rings (SSSR count). The van der Waals surface area contributed by atoms with Crippen LogP contribution in [0.1, 0.15) is 25.3 Å². The smallest absolute Gasteiger partial charge is 0.124 e. The second-order valence-corrected chi connectivity index (χ2v) is 5.69. The summed E-state index contributed by atoms with van der Waals surface area (Å²) in [5.41, 5.74) is 7.07. The second-order valence-electron chi connectivity index (χ2n) is 5.25. The van der Waals surface area contributed by atoms with Gasteiger partial charge in [0.05, 0.1) is 0 Å². The van der Waals surface area contributed by atoms with Gasteiger partial charge in [-0.25, -0.2) is 4.39 Å². The zero-order valence-corrected chi connectivity index (χ0v) is 12.1. The maximum atomic E-state index is 13.2. The Morgan fingerprint density at radius 3 is 2.89 bits per heavy atom. The topological polar surface area (TPSA) is 41.3 Å². The van der Waals surface area contributed by atoms with E-state index in [-0.39, 0.29) is 10.8 Å². The standard InChI is InChI=1S/C14H20FN3S/c1-9-7-11(5-6-18(9)2)17-13-4-3-10(15)8-12(13)14(16)19/h3-4,8-9,11,17H,5-7H2,1-2H3,(H2,16,19). The number of anilines is 1. The monoisotopic (exact) mass is 281 g/mol. The molecule has 1 fully saturated rings. The predicted octanol–water partition coefficient (Wildman–Crippen LogP) is 2.35. The van der Waals surface area contributed by atoms with Crippen molar-refractivity contribution in [1.29, 1.82) is 0 Å². The van der Waals surface area contributed by atoms with Gasteiger partial charge in [0.15, 0.2) is 0 Å². The highest BCUT2D eigenvalue weighted by Gasteiger charge is 2.23. The number of nitrogens with zero attached hydrogens (tertiary/aromatic N) is 1. The number of nitrogens with one attached hydrogen (secondary N) is 1. The predicted molar refractivity (Wildman–Crippen MR) is 81.0 cm³/mol. The quantitative estimate of drug-likeness (QED) is 0.835. The van der Waals surface area contributed by atoms with Crippen LogP contribution < -0.4 is 11.1 Å². The van der Waals surface area contributed by atoms with E-state index in [1.165, 1.54) is 12.1 Å². The Balaban J connectivity index is 2.13. The van der Waals surface area contributed by atoms with E-state index in [0.717, 1.165) is 25.1 Å². The first-order chi connectivity index (χ1) is 8.97. The lowest BCUT2D eigenvalue weighted by Gasteiger charge is -2.36. The molecule has 104 valence electrons. The summed E-state index contributed by atoms with van der Waals surface area (Å²) in [6.07, 6.45) is 2.12. The molecule has 2 unspecified atom stereocenters. The number of rotatable bonds is 3. The SMILES string of the molecule is CC1CC(Nc2ccc(F)cc2C(N)=S)CCN1C. The van der Waals surface area contributed by atoms with Gasteiger partial charge >= 0.3 is 0 Å². The van der Waals surface area contributed by atoms with Crippen molar-refractivity contribution in [3.8, 4) is 0 Å². The van der Waals surface area contributed by atoms with Crippen molar-refractivity contribution in [2.75, 3.05) is 18.9 Å². The Morgan fingerprint density at radius 1 is 1.53 bits per heavy atom. The van der Waals surface area contributed by atoms with E-state index in [2.05, 4.69) is 24.2 Å². The van der Waals surface area contributed by atoms with Gasteiger partial charge in [0, 0.05) is 29.9 Å². The highest BCUT2D eigenvalue weighted by Crippen LogP contribution is 2.23. The van der Waals surface area contributed by atoms with Crippen molar-refractivity contribution in [2.45, 2.75) is 31.8 Å². The molecule has 0 bridgehead atoms. The molecule has 0 radical (unpaired) electrons. The van der Waals surface area contributed by atoms with Crippen molar-refractivity contribution < 1.29 is 4.39 Å². The van der Waals surface area contributed by atoms with Gasteiger partial charge < -0.3 is 16.0 Å². The first kappa shape index (κ1) is 14.2.